The number of carbonyl (C=O) groups is 1. The highest BCUT2D eigenvalue weighted by Gasteiger charge is 2.20. The number of carbonyl (C=O) groups excluding carboxylic acids is 1. The van der Waals surface area contributed by atoms with Gasteiger partial charge in [-0.15, -0.1) is 11.3 Å². The van der Waals surface area contributed by atoms with Gasteiger partial charge in [0.05, 0.1) is 5.69 Å². The number of nitrogens with zero attached hydrogens (tertiary/aromatic N) is 1. The number of nitrogen functional groups attached to an aromatic ring is 1. The van der Waals surface area contributed by atoms with Gasteiger partial charge >= 0.3 is 0 Å². The van der Waals surface area contributed by atoms with E-state index < -0.39 is 0 Å². The summed E-state index contributed by atoms with van der Waals surface area (Å²) in [5.74, 6) is -0.0912. The first-order valence-electron chi connectivity index (χ1n) is 8.43. The van der Waals surface area contributed by atoms with Crippen molar-refractivity contribution in [3.05, 3.63) is 46.5 Å². The Hall–Kier alpha value is -2.60. The molecule has 0 spiro atoms. The Bertz CT molecular complexity index is 947. The zero-order valence-electron chi connectivity index (χ0n) is 13.7. The first-order valence-corrected chi connectivity index (χ1v) is 9.24. The molecule has 1 aromatic carbocycles. The molecular formula is C19H19N3O2S. The number of aromatic nitrogens is 1. The van der Waals surface area contributed by atoms with Crippen LogP contribution in [0.5, 0.6) is 5.75 Å². The number of hydrogen-bond donors (Lipinski definition) is 3. The second-order valence-corrected chi connectivity index (χ2v) is 7.35. The Kier molecular flexibility index (Phi) is 4.05. The molecule has 4 rings (SSSR count). The maximum absolute atomic E-state index is 12.6. The van der Waals surface area contributed by atoms with Crippen LogP contribution in [0.4, 0.5) is 11.4 Å². The number of fused-ring (bicyclic) bond motifs is 2. The fraction of sp³-hybridized carbons (Fsp3) is 0.263. The fourth-order valence-corrected chi connectivity index (χ4v) is 4.23. The van der Waals surface area contributed by atoms with Crippen molar-refractivity contribution in [1.82, 2.24) is 4.98 Å². The molecule has 0 unspecified atom stereocenters. The number of nitrogens with two attached hydrogens (primary N) is 1. The van der Waals surface area contributed by atoms with E-state index in [1.54, 1.807) is 12.1 Å². The standard InChI is InChI=1S/C19H19N3O2S/c20-16-14-10-11-4-2-1-3-5-15(11)22-19(14)25-17(16)18(24)21-12-6-8-13(23)9-7-12/h6-10,23H,1-5,20H2,(H,21,24). The van der Waals surface area contributed by atoms with Crippen LogP contribution in [0.15, 0.2) is 30.3 Å². The van der Waals surface area contributed by atoms with E-state index in [0.29, 0.717) is 16.3 Å². The normalized spacial score (nSPS) is 14.1. The van der Waals surface area contributed by atoms with Crippen molar-refractivity contribution in [3.8, 4) is 5.75 Å². The predicted octanol–water partition coefficient (Wildman–Crippen LogP) is 4.11. The lowest BCUT2D eigenvalue weighted by atomic mass is 10.1. The molecule has 3 aromatic rings. The molecule has 0 aliphatic heterocycles. The van der Waals surface area contributed by atoms with Gasteiger partial charge in [0.2, 0.25) is 0 Å². The van der Waals surface area contributed by atoms with Gasteiger partial charge in [0.25, 0.3) is 5.91 Å². The van der Waals surface area contributed by atoms with Crippen molar-refractivity contribution in [2.45, 2.75) is 32.1 Å². The summed E-state index contributed by atoms with van der Waals surface area (Å²) in [5, 5.41) is 13.0. The van der Waals surface area contributed by atoms with E-state index in [1.165, 1.54) is 48.3 Å². The molecule has 0 radical (unpaired) electrons. The van der Waals surface area contributed by atoms with Gasteiger partial charge < -0.3 is 16.2 Å². The topological polar surface area (TPSA) is 88.2 Å². The summed E-state index contributed by atoms with van der Waals surface area (Å²) in [6.07, 6.45) is 5.61. The van der Waals surface area contributed by atoms with Crippen molar-refractivity contribution in [3.63, 3.8) is 0 Å². The van der Waals surface area contributed by atoms with Gasteiger partial charge in [-0.05, 0) is 61.6 Å². The number of hydrogen-bond acceptors (Lipinski definition) is 5. The van der Waals surface area contributed by atoms with Crippen molar-refractivity contribution < 1.29 is 9.90 Å². The first kappa shape index (κ1) is 15.9. The van der Waals surface area contributed by atoms with Crippen LogP contribution < -0.4 is 11.1 Å². The summed E-state index contributed by atoms with van der Waals surface area (Å²) >= 11 is 1.34. The van der Waals surface area contributed by atoms with Crippen LogP contribution >= 0.6 is 11.3 Å². The smallest absolute Gasteiger partial charge is 0.267 e. The van der Waals surface area contributed by atoms with Gasteiger partial charge in [-0.1, -0.05) is 6.42 Å². The van der Waals surface area contributed by atoms with E-state index in [0.717, 1.165) is 28.8 Å². The molecule has 6 heteroatoms. The summed E-state index contributed by atoms with van der Waals surface area (Å²) in [7, 11) is 0. The second-order valence-electron chi connectivity index (χ2n) is 6.35. The van der Waals surface area contributed by atoms with Gasteiger partial charge in [0.15, 0.2) is 0 Å². The van der Waals surface area contributed by atoms with Crippen molar-refractivity contribution in [2.24, 2.45) is 0 Å². The molecule has 0 fully saturated rings. The zero-order valence-corrected chi connectivity index (χ0v) is 14.5. The number of benzene rings is 1. The molecule has 0 atom stereocenters. The van der Waals surface area contributed by atoms with E-state index >= 15 is 0 Å². The van der Waals surface area contributed by atoms with E-state index in [1.807, 2.05) is 0 Å². The van der Waals surface area contributed by atoms with Gasteiger partial charge in [-0.3, -0.25) is 4.79 Å². The molecule has 4 N–H and O–H groups in total. The molecule has 0 bridgehead atoms. The number of nitrogens with one attached hydrogen (secondary N) is 1. The van der Waals surface area contributed by atoms with Crippen molar-refractivity contribution >= 4 is 38.8 Å². The van der Waals surface area contributed by atoms with Crippen LogP contribution in [0.2, 0.25) is 0 Å². The highest BCUT2D eigenvalue weighted by Crippen LogP contribution is 2.35. The third-order valence-electron chi connectivity index (χ3n) is 4.58. The predicted molar refractivity (Wildman–Crippen MR) is 101 cm³/mol. The molecule has 2 heterocycles. The number of pyridine rings is 1. The maximum atomic E-state index is 12.6. The van der Waals surface area contributed by atoms with Gasteiger partial charge in [-0.25, -0.2) is 4.98 Å². The Labute approximate surface area is 149 Å². The van der Waals surface area contributed by atoms with Gasteiger partial charge in [0.1, 0.15) is 15.5 Å². The quantitative estimate of drug-likeness (QED) is 0.478. The van der Waals surface area contributed by atoms with Crippen LogP contribution in [0, 0.1) is 0 Å². The fourth-order valence-electron chi connectivity index (χ4n) is 3.24. The summed E-state index contributed by atoms with van der Waals surface area (Å²) in [5.41, 5.74) is 9.78. The minimum Gasteiger partial charge on any atom is -0.508 e. The summed E-state index contributed by atoms with van der Waals surface area (Å²) in [6, 6.07) is 8.48. The van der Waals surface area contributed by atoms with E-state index in [9.17, 15) is 9.90 Å². The average Bonchev–Trinajstić information content (AvgIpc) is 2.78. The number of aromatic hydroxyl groups is 1. The Morgan fingerprint density at radius 1 is 1.16 bits per heavy atom. The summed E-state index contributed by atoms with van der Waals surface area (Å²) < 4.78 is 0. The summed E-state index contributed by atoms with van der Waals surface area (Å²) in [4.78, 5) is 18.7. The monoisotopic (exact) mass is 353 g/mol. The molecular weight excluding hydrogens is 334 g/mol. The lowest BCUT2D eigenvalue weighted by Crippen LogP contribution is -2.11. The largest absolute Gasteiger partial charge is 0.508 e. The number of rotatable bonds is 2. The zero-order chi connectivity index (χ0) is 17.4. The first-order chi connectivity index (χ1) is 12.1. The van der Waals surface area contributed by atoms with Crippen LogP contribution in [-0.2, 0) is 12.8 Å². The molecule has 2 aromatic heterocycles. The number of phenolic OH excluding ortho intramolecular Hbond substituents is 1. The van der Waals surface area contributed by atoms with Gasteiger partial charge in [-0.2, -0.15) is 0 Å². The molecule has 0 saturated carbocycles. The van der Waals surface area contributed by atoms with Crippen LogP contribution in [0.3, 0.4) is 0 Å². The third-order valence-corrected chi connectivity index (χ3v) is 5.69. The average molecular weight is 353 g/mol. The Balaban J connectivity index is 1.68. The molecule has 25 heavy (non-hydrogen) atoms. The van der Waals surface area contributed by atoms with E-state index in [4.69, 9.17) is 10.7 Å². The van der Waals surface area contributed by atoms with Crippen molar-refractivity contribution in [1.29, 1.82) is 0 Å². The number of thiophene rings is 1. The lowest BCUT2D eigenvalue weighted by molar-refractivity contribution is 0.103. The van der Waals surface area contributed by atoms with Crippen LogP contribution in [0.1, 0.15) is 40.2 Å². The Morgan fingerprint density at radius 3 is 2.72 bits per heavy atom. The minimum atomic E-state index is -0.249. The maximum Gasteiger partial charge on any atom is 0.267 e. The highest BCUT2D eigenvalue weighted by atomic mass is 32.1. The summed E-state index contributed by atoms with van der Waals surface area (Å²) in [6.45, 7) is 0. The lowest BCUT2D eigenvalue weighted by Gasteiger charge is -2.05. The number of anilines is 2. The molecule has 1 aliphatic carbocycles. The van der Waals surface area contributed by atoms with E-state index in [2.05, 4.69) is 11.4 Å². The van der Waals surface area contributed by atoms with E-state index in [-0.39, 0.29) is 11.7 Å². The number of phenols is 1. The van der Waals surface area contributed by atoms with Crippen LogP contribution in [-0.4, -0.2) is 16.0 Å². The molecule has 5 nitrogen and oxygen atoms in total. The molecule has 0 saturated heterocycles. The Morgan fingerprint density at radius 2 is 1.92 bits per heavy atom. The highest BCUT2D eigenvalue weighted by molar-refractivity contribution is 7.21. The number of amides is 1. The van der Waals surface area contributed by atoms with Crippen LogP contribution in [0.25, 0.3) is 10.2 Å². The van der Waals surface area contributed by atoms with Crippen molar-refractivity contribution in [2.75, 3.05) is 11.1 Å². The number of aryl methyl sites for hydroxylation is 2. The van der Waals surface area contributed by atoms with Gasteiger partial charge in [0, 0.05) is 16.8 Å². The molecule has 1 amide bonds. The SMILES string of the molecule is Nc1c(C(=O)Nc2ccc(O)cc2)sc2nc3c(cc12)CCCCC3. The third kappa shape index (κ3) is 3.05. The molecule has 1 aliphatic rings. The second kappa shape index (κ2) is 6.37. The molecule has 128 valence electrons. The minimum absolute atomic E-state index is 0.157.